The third kappa shape index (κ3) is 3.25. The van der Waals surface area contributed by atoms with E-state index in [9.17, 15) is 0 Å². The number of H-pyrrole nitrogens is 1. The summed E-state index contributed by atoms with van der Waals surface area (Å²) >= 11 is 1.79. The summed E-state index contributed by atoms with van der Waals surface area (Å²) < 4.78 is 0. The van der Waals surface area contributed by atoms with Gasteiger partial charge in [0.2, 0.25) is 0 Å². The fourth-order valence-corrected chi connectivity index (χ4v) is 4.89. The van der Waals surface area contributed by atoms with Crippen LogP contribution in [-0.4, -0.2) is 51.0 Å². The molecule has 0 aliphatic carbocycles. The molecule has 4 heterocycles. The van der Waals surface area contributed by atoms with Crippen molar-refractivity contribution >= 4 is 38.4 Å². The molecule has 7 heteroatoms. The number of rotatable bonds is 4. The standard InChI is InChI=1S/C21H24N6S/c1-3-15-12-16-20(22-14(2)23-21(16)28-15)27-10-8-26(9-11-27)13-19-24-17-6-4-5-7-18(17)25-19/h4-7,12H,3,8-11,13H2,1-2H3,(H,24,25). The first kappa shape index (κ1) is 17.6. The molecular weight excluding hydrogens is 368 g/mol. The van der Waals surface area contributed by atoms with E-state index in [-0.39, 0.29) is 0 Å². The molecule has 0 radical (unpaired) electrons. The lowest BCUT2D eigenvalue weighted by atomic mass is 10.2. The summed E-state index contributed by atoms with van der Waals surface area (Å²) in [6, 6.07) is 10.5. The van der Waals surface area contributed by atoms with E-state index in [1.165, 1.54) is 10.3 Å². The Morgan fingerprint density at radius 3 is 2.68 bits per heavy atom. The second kappa shape index (κ2) is 7.14. The molecule has 0 saturated carbocycles. The van der Waals surface area contributed by atoms with Gasteiger partial charge in [0, 0.05) is 31.1 Å². The molecular formula is C21H24N6S. The van der Waals surface area contributed by atoms with E-state index in [1.807, 2.05) is 19.1 Å². The summed E-state index contributed by atoms with van der Waals surface area (Å²) in [5.74, 6) is 3.00. The molecule has 5 rings (SSSR count). The topological polar surface area (TPSA) is 60.9 Å². The van der Waals surface area contributed by atoms with E-state index in [0.29, 0.717) is 0 Å². The van der Waals surface area contributed by atoms with Crippen LogP contribution < -0.4 is 4.90 Å². The molecule has 1 aromatic carbocycles. The molecule has 0 spiro atoms. The highest BCUT2D eigenvalue weighted by Gasteiger charge is 2.22. The molecule has 0 atom stereocenters. The fourth-order valence-electron chi connectivity index (χ4n) is 3.89. The first-order chi connectivity index (χ1) is 13.7. The number of aryl methyl sites for hydroxylation is 2. The van der Waals surface area contributed by atoms with E-state index < -0.39 is 0 Å². The van der Waals surface area contributed by atoms with Crippen LogP contribution in [0.15, 0.2) is 30.3 Å². The Kier molecular flexibility index (Phi) is 4.49. The van der Waals surface area contributed by atoms with E-state index in [0.717, 1.165) is 72.5 Å². The minimum atomic E-state index is 0.858. The van der Waals surface area contributed by atoms with Gasteiger partial charge in [-0.05, 0) is 31.5 Å². The predicted octanol–water partition coefficient (Wildman–Crippen LogP) is 3.76. The fraction of sp³-hybridized carbons (Fsp3) is 0.381. The number of nitrogens with zero attached hydrogens (tertiary/aromatic N) is 5. The summed E-state index contributed by atoms with van der Waals surface area (Å²) in [5.41, 5.74) is 2.15. The third-order valence-electron chi connectivity index (χ3n) is 5.37. The highest BCUT2D eigenvalue weighted by atomic mass is 32.1. The number of imidazole rings is 1. The zero-order chi connectivity index (χ0) is 19.1. The van der Waals surface area contributed by atoms with Crippen LogP contribution in [0.5, 0.6) is 0 Å². The van der Waals surface area contributed by atoms with Gasteiger partial charge in [-0.25, -0.2) is 15.0 Å². The minimum Gasteiger partial charge on any atom is -0.353 e. The van der Waals surface area contributed by atoms with Crippen molar-refractivity contribution in [3.8, 4) is 0 Å². The van der Waals surface area contributed by atoms with Crippen molar-refractivity contribution in [3.05, 3.63) is 46.9 Å². The molecule has 144 valence electrons. The van der Waals surface area contributed by atoms with Gasteiger partial charge < -0.3 is 9.88 Å². The Hall–Kier alpha value is -2.51. The van der Waals surface area contributed by atoms with Gasteiger partial charge in [0.1, 0.15) is 22.3 Å². The van der Waals surface area contributed by atoms with Crippen molar-refractivity contribution in [1.29, 1.82) is 0 Å². The second-order valence-corrected chi connectivity index (χ2v) is 8.46. The van der Waals surface area contributed by atoms with Gasteiger partial charge in [-0.1, -0.05) is 19.1 Å². The van der Waals surface area contributed by atoms with Gasteiger partial charge in [-0.2, -0.15) is 0 Å². The largest absolute Gasteiger partial charge is 0.353 e. The van der Waals surface area contributed by atoms with Crippen LogP contribution in [0, 0.1) is 6.92 Å². The van der Waals surface area contributed by atoms with Crippen LogP contribution in [0.3, 0.4) is 0 Å². The lowest BCUT2D eigenvalue weighted by Gasteiger charge is -2.35. The summed E-state index contributed by atoms with van der Waals surface area (Å²) in [4.78, 5) is 25.0. The quantitative estimate of drug-likeness (QED) is 0.573. The highest BCUT2D eigenvalue weighted by molar-refractivity contribution is 7.18. The summed E-state index contributed by atoms with van der Waals surface area (Å²) in [5, 5.41) is 1.21. The number of hydrogen-bond donors (Lipinski definition) is 1. The Morgan fingerprint density at radius 1 is 1.07 bits per heavy atom. The van der Waals surface area contributed by atoms with Gasteiger partial charge in [-0.15, -0.1) is 11.3 Å². The smallest absolute Gasteiger partial charge is 0.141 e. The SMILES string of the molecule is CCc1cc2c(N3CCN(Cc4nc5ccccc5[nH]4)CC3)nc(C)nc2s1. The van der Waals surface area contributed by atoms with Gasteiger partial charge in [-0.3, -0.25) is 4.90 Å². The zero-order valence-electron chi connectivity index (χ0n) is 16.3. The Morgan fingerprint density at radius 2 is 1.89 bits per heavy atom. The van der Waals surface area contributed by atoms with Gasteiger partial charge in [0.05, 0.1) is 23.0 Å². The lowest BCUT2D eigenvalue weighted by molar-refractivity contribution is 0.244. The average molecular weight is 393 g/mol. The van der Waals surface area contributed by atoms with E-state index in [2.05, 4.69) is 44.9 Å². The van der Waals surface area contributed by atoms with Crippen LogP contribution in [0.4, 0.5) is 5.82 Å². The molecule has 28 heavy (non-hydrogen) atoms. The van der Waals surface area contributed by atoms with Gasteiger partial charge >= 0.3 is 0 Å². The number of thiophene rings is 1. The number of aromatic nitrogens is 4. The number of nitrogens with one attached hydrogen (secondary N) is 1. The van der Waals surface area contributed by atoms with Crippen LogP contribution in [0.2, 0.25) is 0 Å². The zero-order valence-corrected chi connectivity index (χ0v) is 17.1. The molecule has 1 fully saturated rings. The number of hydrogen-bond acceptors (Lipinski definition) is 6. The first-order valence-corrected chi connectivity index (χ1v) is 10.7. The van der Waals surface area contributed by atoms with Crippen molar-refractivity contribution in [2.45, 2.75) is 26.8 Å². The molecule has 4 aromatic rings. The highest BCUT2D eigenvalue weighted by Crippen LogP contribution is 2.31. The van der Waals surface area contributed by atoms with Crippen LogP contribution >= 0.6 is 11.3 Å². The van der Waals surface area contributed by atoms with Crippen molar-refractivity contribution in [2.75, 3.05) is 31.1 Å². The van der Waals surface area contributed by atoms with E-state index in [4.69, 9.17) is 9.97 Å². The summed E-state index contributed by atoms with van der Waals surface area (Å²) in [6.45, 7) is 9.01. The third-order valence-corrected chi connectivity index (χ3v) is 6.54. The Balaban J connectivity index is 1.31. The average Bonchev–Trinajstić information content (AvgIpc) is 3.30. The number of aromatic amines is 1. The predicted molar refractivity (Wildman–Crippen MR) is 115 cm³/mol. The normalized spacial score (nSPS) is 15.7. The molecule has 0 unspecified atom stereocenters. The molecule has 1 N–H and O–H groups in total. The Bertz CT molecular complexity index is 1090. The van der Waals surface area contributed by atoms with Gasteiger partial charge in [0.15, 0.2) is 0 Å². The van der Waals surface area contributed by atoms with Crippen molar-refractivity contribution in [1.82, 2.24) is 24.8 Å². The van der Waals surface area contributed by atoms with Crippen molar-refractivity contribution in [2.24, 2.45) is 0 Å². The molecule has 1 aliphatic heterocycles. The van der Waals surface area contributed by atoms with E-state index >= 15 is 0 Å². The van der Waals surface area contributed by atoms with Crippen molar-refractivity contribution in [3.63, 3.8) is 0 Å². The second-order valence-electron chi connectivity index (χ2n) is 7.34. The molecule has 6 nitrogen and oxygen atoms in total. The monoisotopic (exact) mass is 392 g/mol. The first-order valence-electron chi connectivity index (χ1n) is 9.87. The maximum Gasteiger partial charge on any atom is 0.141 e. The number of benzene rings is 1. The molecule has 3 aromatic heterocycles. The van der Waals surface area contributed by atoms with Crippen molar-refractivity contribution < 1.29 is 0 Å². The van der Waals surface area contributed by atoms with Crippen LogP contribution in [-0.2, 0) is 13.0 Å². The maximum absolute atomic E-state index is 4.79. The molecule has 1 saturated heterocycles. The minimum absolute atomic E-state index is 0.858. The maximum atomic E-state index is 4.79. The number of para-hydroxylation sites is 2. The summed E-state index contributed by atoms with van der Waals surface area (Å²) in [7, 11) is 0. The summed E-state index contributed by atoms with van der Waals surface area (Å²) in [6.07, 6.45) is 1.05. The van der Waals surface area contributed by atoms with E-state index in [1.54, 1.807) is 11.3 Å². The number of anilines is 1. The number of fused-ring (bicyclic) bond motifs is 2. The number of piperazine rings is 1. The van der Waals surface area contributed by atoms with Crippen LogP contribution in [0.25, 0.3) is 21.3 Å². The molecule has 1 aliphatic rings. The molecule has 0 bridgehead atoms. The molecule has 0 amide bonds. The lowest BCUT2D eigenvalue weighted by Crippen LogP contribution is -2.46. The van der Waals surface area contributed by atoms with Gasteiger partial charge in [0.25, 0.3) is 0 Å². The Labute approximate surface area is 168 Å². The van der Waals surface area contributed by atoms with Crippen LogP contribution in [0.1, 0.15) is 23.4 Å².